The molecule has 0 spiro atoms. The Labute approximate surface area is 114 Å². The molecular formula is C13H24N2O2S. The molecule has 0 saturated carbocycles. The highest BCUT2D eigenvalue weighted by Crippen LogP contribution is 2.25. The number of thioether (sulfide) groups is 1. The molecule has 0 aromatic heterocycles. The van der Waals surface area contributed by atoms with Gasteiger partial charge >= 0.3 is 0 Å². The van der Waals surface area contributed by atoms with Crippen LogP contribution in [0.25, 0.3) is 0 Å². The minimum atomic E-state index is 0.207. The number of hydrogen-bond acceptors (Lipinski definition) is 4. The normalized spacial score (nSPS) is 29.6. The molecular weight excluding hydrogens is 248 g/mol. The third-order valence-corrected chi connectivity index (χ3v) is 5.15. The molecule has 2 unspecified atom stereocenters. The maximum atomic E-state index is 12.3. The van der Waals surface area contributed by atoms with Crippen molar-refractivity contribution in [3.8, 4) is 0 Å². The van der Waals surface area contributed by atoms with E-state index in [1.807, 2.05) is 16.7 Å². The second-order valence-corrected chi connectivity index (χ2v) is 6.77. The first-order valence-corrected chi connectivity index (χ1v) is 7.92. The summed E-state index contributed by atoms with van der Waals surface area (Å²) >= 11 is 2.00. The van der Waals surface area contributed by atoms with E-state index >= 15 is 0 Å². The lowest BCUT2D eigenvalue weighted by Crippen LogP contribution is -2.48. The number of morpholine rings is 1. The van der Waals surface area contributed by atoms with Gasteiger partial charge in [-0.3, -0.25) is 4.79 Å². The first-order chi connectivity index (χ1) is 8.66. The summed E-state index contributed by atoms with van der Waals surface area (Å²) in [4.78, 5) is 14.3. The lowest BCUT2D eigenvalue weighted by atomic mass is 10.1. The zero-order valence-electron chi connectivity index (χ0n) is 11.4. The molecule has 4 nitrogen and oxygen atoms in total. The van der Waals surface area contributed by atoms with E-state index in [1.54, 1.807) is 0 Å². The summed E-state index contributed by atoms with van der Waals surface area (Å²) in [5.74, 6) is 1.99. The standard InChI is InChI=1S/C13H24N2O2S/c1-10(2)12-8-15(4-6-18-12)13(16)7-11-9-17-5-3-14-11/h10-12,14H,3-9H2,1-2H3. The Balaban J connectivity index is 1.80. The van der Waals surface area contributed by atoms with Gasteiger partial charge in [0, 0.05) is 43.1 Å². The highest BCUT2D eigenvalue weighted by Gasteiger charge is 2.27. The number of ether oxygens (including phenoxy) is 1. The summed E-state index contributed by atoms with van der Waals surface area (Å²) in [6.45, 7) is 8.59. The van der Waals surface area contributed by atoms with Crippen molar-refractivity contribution >= 4 is 17.7 Å². The van der Waals surface area contributed by atoms with E-state index in [-0.39, 0.29) is 11.9 Å². The third-order valence-electron chi connectivity index (χ3n) is 3.61. The van der Waals surface area contributed by atoms with Gasteiger partial charge in [-0.2, -0.15) is 11.8 Å². The SMILES string of the molecule is CC(C)C1CN(C(=O)CC2COCCN2)CCS1. The van der Waals surface area contributed by atoms with Crippen molar-refractivity contribution in [2.45, 2.75) is 31.6 Å². The van der Waals surface area contributed by atoms with E-state index < -0.39 is 0 Å². The second kappa shape index (κ2) is 6.78. The van der Waals surface area contributed by atoms with Crippen LogP contribution in [0.2, 0.25) is 0 Å². The Morgan fingerprint density at radius 2 is 2.39 bits per heavy atom. The fourth-order valence-electron chi connectivity index (χ4n) is 2.40. The molecule has 2 rings (SSSR count). The average molecular weight is 272 g/mol. The average Bonchev–Trinajstić information content (AvgIpc) is 2.40. The van der Waals surface area contributed by atoms with Crippen LogP contribution in [0.4, 0.5) is 0 Å². The van der Waals surface area contributed by atoms with Gasteiger partial charge < -0.3 is 15.0 Å². The number of amides is 1. The van der Waals surface area contributed by atoms with Gasteiger partial charge in [0.15, 0.2) is 0 Å². The van der Waals surface area contributed by atoms with Crippen LogP contribution in [0.1, 0.15) is 20.3 Å². The smallest absolute Gasteiger partial charge is 0.224 e. The minimum absolute atomic E-state index is 0.207. The molecule has 2 aliphatic rings. The van der Waals surface area contributed by atoms with Crippen molar-refractivity contribution in [3.05, 3.63) is 0 Å². The number of nitrogens with zero attached hydrogens (tertiary/aromatic N) is 1. The Bertz CT molecular complexity index is 280. The molecule has 0 bridgehead atoms. The van der Waals surface area contributed by atoms with Crippen LogP contribution in [-0.2, 0) is 9.53 Å². The lowest BCUT2D eigenvalue weighted by Gasteiger charge is -2.35. The van der Waals surface area contributed by atoms with Crippen LogP contribution in [0.15, 0.2) is 0 Å². The van der Waals surface area contributed by atoms with Gasteiger partial charge in [0.2, 0.25) is 5.91 Å². The second-order valence-electron chi connectivity index (χ2n) is 5.42. The van der Waals surface area contributed by atoms with E-state index in [9.17, 15) is 4.79 Å². The lowest BCUT2D eigenvalue weighted by molar-refractivity contribution is -0.132. The zero-order valence-corrected chi connectivity index (χ0v) is 12.2. The van der Waals surface area contributed by atoms with Crippen LogP contribution in [-0.4, -0.2) is 60.7 Å². The maximum Gasteiger partial charge on any atom is 0.224 e. The highest BCUT2D eigenvalue weighted by atomic mass is 32.2. The van der Waals surface area contributed by atoms with Crippen molar-refractivity contribution in [1.29, 1.82) is 0 Å². The van der Waals surface area contributed by atoms with Crippen molar-refractivity contribution in [3.63, 3.8) is 0 Å². The molecule has 0 radical (unpaired) electrons. The molecule has 2 fully saturated rings. The molecule has 2 atom stereocenters. The van der Waals surface area contributed by atoms with Crippen LogP contribution in [0, 0.1) is 5.92 Å². The molecule has 0 aromatic rings. The van der Waals surface area contributed by atoms with Gasteiger partial charge in [0.1, 0.15) is 0 Å². The summed E-state index contributed by atoms with van der Waals surface area (Å²) in [5.41, 5.74) is 0. The molecule has 0 aliphatic carbocycles. The number of nitrogens with one attached hydrogen (secondary N) is 1. The molecule has 0 aromatic carbocycles. The fourth-order valence-corrected chi connectivity index (χ4v) is 3.69. The predicted molar refractivity (Wildman–Crippen MR) is 74.9 cm³/mol. The number of carbonyl (C=O) groups excluding carboxylic acids is 1. The largest absolute Gasteiger partial charge is 0.378 e. The van der Waals surface area contributed by atoms with Crippen LogP contribution in [0.5, 0.6) is 0 Å². The van der Waals surface area contributed by atoms with Crippen molar-refractivity contribution < 1.29 is 9.53 Å². The van der Waals surface area contributed by atoms with E-state index in [0.717, 1.165) is 32.0 Å². The van der Waals surface area contributed by atoms with Crippen molar-refractivity contribution in [2.75, 3.05) is 38.6 Å². The van der Waals surface area contributed by atoms with E-state index in [0.29, 0.717) is 24.2 Å². The summed E-state index contributed by atoms with van der Waals surface area (Å²) in [6.07, 6.45) is 0.579. The van der Waals surface area contributed by atoms with Gasteiger partial charge in [-0.25, -0.2) is 0 Å². The highest BCUT2D eigenvalue weighted by molar-refractivity contribution is 8.00. The number of rotatable bonds is 3. The predicted octanol–water partition coefficient (Wildman–Crippen LogP) is 0.965. The molecule has 104 valence electrons. The van der Waals surface area contributed by atoms with Crippen LogP contribution in [0.3, 0.4) is 0 Å². The molecule has 1 amide bonds. The van der Waals surface area contributed by atoms with E-state index in [2.05, 4.69) is 19.2 Å². The fraction of sp³-hybridized carbons (Fsp3) is 0.923. The summed E-state index contributed by atoms with van der Waals surface area (Å²) in [7, 11) is 0. The molecule has 18 heavy (non-hydrogen) atoms. The monoisotopic (exact) mass is 272 g/mol. The van der Waals surface area contributed by atoms with Crippen molar-refractivity contribution in [2.24, 2.45) is 5.92 Å². The zero-order chi connectivity index (χ0) is 13.0. The molecule has 2 saturated heterocycles. The summed E-state index contributed by atoms with van der Waals surface area (Å²) in [5, 5.41) is 3.94. The number of carbonyl (C=O) groups is 1. The van der Waals surface area contributed by atoms with Gasteiger partial charge in [0.05, 0.1) is 13.2 Å². The molecule has 2 aliphatic heterocycles. The number of hydrogen-bond donors (Lipinski definition) is 1. The summed E-state index contributed by atoms with van der Waals surface area (Å²) in [6, 6.07) is 0.207. The van der Waals surface area contributed by atoms with Gasteiger partial charge in [-0.15, -0.1) is 0 Å². The third kappa shape index (κ3) is 3.87. The Kier molecular flexibility index (Phi) is 5.33. The van der Waals surface area contributed by atoms with Gasteiger partial charge in [-0.1, -0.05) is 13.8 Å². The molecule has 2 heterocycles. The maximum absolute atomic E-state index is 12.3. The molecule has 5 heteroatoms. The van der Waals surface area contributed by atoms with E-state index in [4.69, 9.17) is 4.74 Å². The van der Waals surface area contributed by atoms with Gasteiger partial charge in [0.25, 0.3) is 0 Å². The molecule has 1 N–H and O–H groups in total. The summed E-state index contributed by atoms with van der Waals surface area (Å²) < 4.78 is 5.39. The van der Waals surface area contributed by atoms with Crippen LogP contribution >= 0.6 is 11.8 Å². The topological polar surface area (TPSA) is 41.6 Å². The minimum Gasteiger partial charge on any atom is -0.378 e. The van der Waals surface area contributed by atoms with Gasteiger partial charge in [-0.05, 0) is 5.92 Å². The Hall–Kier alpha value is -0.260. The first-order valence-electron chi connectivity index (χ1n) is 6.87. The first kappa shape index (κ1) is 14.2. The van der Waals surface area contributed by atoms with Crippen molar-refractivity contribution in [1.82, 2.24) is 10.2 Å². The van der Waals surface area contributed by atoms with E-state index in [1.165, 1.54) is 0 Å². The Morgan fingerprint density at radius 3 is 3.06 bits per heavy atom. The Morgan fingerprint density at radius 1 is 1.56 bits per heavy atom. The van der Waals surface area contributed by atoms with Crippen LogP contribution < -0.4 is 5.32 Å². The quantitative estimate of drug-likeness (QED) is 0.831.